The van der Waals surface area contributed by atoms with Crippen LogP contribution in [0.5, 0.6) is 5.75 Å². The normalized spacial score (nSPS) is 9.50. The quantitative estimate of drug-likeness (QED) is 0.728. The molecule has 0 amide bonds. The number of nitrogens with zero attached hydrogens (tertiary/aromatic N) is 1. The van der Waals surface area contributed by atoms with Crippen molar-refractivity contribution in [2.45, 2.75) is 0 Å². The van der Waals surface area contributed by atoms with Crippen molar-refractivity contribution in [2.75, 3.05) is 24.9 Å². The van der Waals surface area contributed by atoms with Gasteiger partial charge in [-0.25, -0.2) is 4.98 Å². The molecular weight excluding hydrogens is 176 g/mol. The minimum atomic E-state index is 0.555. The molecule has 0 spiro atoms. The Labute approximate surface area is 76.7 Å². The Kier molecular flexibility index (Phi) is 3.67. The molecule has 1 rings (SSSR count). The summed E-state index contributed by atoms with van der Waals surface area (Å²) < 4.78 is 5.07. The van der Waals surface area contributed by atoms with Crippen molar-refractivity contribution in [3.63, 3.8) is 0 Å². The van der Waals surface area contributed by atoms with Crippen molar-refractivity contribution in [1.82, 2.24) is 4.98 Å². The van der Waals surface area contributed by atoms with Crippen molar-refractivity contribution in [3.05, 3.63) is 18.3 Å². The van der Waals surface area contributed by atoms with Gasteiger partial charge in [-0.3, -0.25) is 0 Å². The van der Waals surface area contributed by atoms with Gasteiger partial charge >= 0.3 is 0 Å². The highest BCUT2D eigenvalue weighted by molar-refractivity contribution is 6.18. The van der Waals surface area contributed by atoms with Crippen LogP contribution in [0, 0.1) is 0 Å². The summed E-state index contributed by atoms with van der Waals surface area (Å²) in [6.07, 6.45) is 1.71. The van der Waals surface area contributed by atoms with E-state index < -0.39 is 0 Å². The van der Waals surface area contributed by atoms with Gasteiger partial charge in [-0.2, -0.15) is 0 Å². The molecule has 66 valence electrons. The Morgan fingerprint density at radius 3 is 3.17 bits per heavy atom. The lowest BCUT2D eigenvalue weighted by molar-refractivity contribution is 0.415. The van der Waals surface area contributed by atoms with Crippen LogP contribution in [-0.2, 0) is 0 Å². The molecule has 1 heterocycles. The molecule has 0 fully saturated rings. The van der Waals surface area contributed by atoms with Crippen LogP contribution in [0.3, 0.4) is 0 Å². The van der Waals surface area contributed by atoms with Crippen molar-refractivity contribution in [1.29, 1.82) is 0 Å². The molecule has 0 radical (unpaired) electrons. The molecule has 0 unspecified atom stereocenters. The lowest BCUT2D eigenvalue weighted by atomic mass is 10.4. The zero-order chi connectivity index (χ0) is 8.81. The van der Waals surface area contributed by atoms with Crippen molar-refractivity contribution < 1.29 is 4.74 Å². The van der Waals surface area contributed by atoms with Crippen LogP contribution in [0.1, 0.15) is 0 Å². The molecule has 0 saturated heterocycles. The number of nitrogens with one attached hydrogen (secondary N) is 1. The third kappa shape index (κ3) is 2.27. The van der Waals surface area contributed by atoms with Crippen LogP contribution < -0.4 is 10.1 Å². The molecule has 4 heteroatoms. The van der Waals surface area contributed by atoms with Gasteiger partial charge in [0.15, 0.2) is 11.6 Å². The molecule has 0 saturated carbocycles. The number of rotatable bonds is 4. The summed E-state index contributed by atoms with van der Waals surface area (Å²) >= 11 is 5.52. The van der Waals surface area contributed by atoms with Gasteiger partial charge in [-0.05, 0) is 12.1 Å². The molecule has 12 heavy (non-hydrogen) atoms. The molecular formula is C8H11ClN2O. The maximum Gasteiger partial charge on any atom is 0.168 e. The number of hydrogen-bond donors (Lipinski definition) is 1. The number of methoxy groups -OCH3 is 1. The Morgan fingerprint density at radius 2 is 2.50 bits per heavy atom. The van der Waals surface area contributed by atoms with E-state index in [2.05, 4.69) is 10.3 Å². The number of anilines is 1. The van der Waals surface area contributed by atoms with E-state index in [0.29, 0.717) is 12.4 Å². The summed E-state index contributed by atoms with van der Waals surface area (Å²) in [5.41, 5.74) is 0. The Balaban J connectivity index is 2.68. The monoisotopic (exact) mass is 186 g/mol. The molecule has 0 aliphatic heterocycles. The first-order valence-corrected chi connectivity index (χ1v) is 4.20. The summed E-state index contributed by atoms with van der Waals surface area (Å²) in [4.78, 5) is 4.09. The third-order valence-electron chi connectivity index (χ3n) is 1.38. The Morgan fingerprint density at radius 1 is 1.67 bits per heavy atom. The van der Waals surface area contributed by atoms with Gasteiger partial charge in [0.2, 0.25) is 0 Å². The summed E-state index contributed by atoms with van der Waals surface area (Å²) in [6.45, 7) is 0.689. The molecule has 0 aromatic carbocycles. The second-order valence-electron chi connectivity index (χ2n) is 2.17. The Bertz CT molecular complexity index is 242. The van der Waals surface area contributed by atoms with E-state index in [1.807, 2.05) is 12.1 Å². The summed E-state index contributed by atoms with van der Waals surface area (Å²) in [5, 5.41) is 3.05. The van der Waals surface area contributed by atoms with E-state index in [1.165, 1.54) is 0 Å². The van der Waals surface area contributed by atoms with E-state index in [0.717, 1.165) is 11.6 Å². The van der Waals surface area contributed by atoms with Gasteiger partial charge in [0, 0.05) is 18.6 Å². The van der Waals surface area contributed by atoms with Crippen LogP contribution in [-0.4, -0.2) is 24.5 Å². The summed E-state index contributed by atoms with van der Waals surface area (Å²) in [7, 11) is 1.61. The fraction of sp³-hybridized carbons (Fsp3) is 0.375. The van der Waals surface area contributed by atoms with Gasteiger partial charge in [0.1, 0.15) is 0 Å². The molecule has 0 bridgehead atoms. The smallest absolute Gasteiger partial charge is 0.168 e. The standard InChI is InChI=1S/C8H11ClN2O/c1-12-7-3-2-5-10-8(7)11-6-4-9/h2-3,5H,4,6H2,1H3,(H,10,11). The highest BCUT2D eigenvalue weighted by Crippen LogP contribution is 2.19. The van der Waals surface area contributed by atoms with Crippen LogP contribution in [0.15, 0.2) is 18.3 Å². The average molecular weight is 187 g/mol. The minimum absolute atomic E-state index is 0.555. The molecule has 0 aliphatic carbocycles. The first-order valence-electron chi connectivity index (χ1n) is 3.67. The van der Waals surface area contributed by atoms with Gasteiger partial charge in [0.25, 0.3) is 0 Å². The van der Waals surface area contributed by atoms with E-state index in [4.69, 9.17) is 16.3 Å². The zero-order valence-corrected chi connectivity index (χ0v) is 7.64. The number of aromatic nitrogens is 1. The van der Waals surface area contributed by atoms with Gasteiger partial charge in [0.05, 0.1) is 7.11 Å². The predicted octanol–water partition coefficient (Wildman–Crippen LogP) is 1.74. The maximum atomic E-state index is 5.52. The minimum Gasteiger partial charge on any atom is -0.493 e. The second-order valence-corrected chi connectivity index (χ2v) is 2.55. The van der Waals surface area contributed by atoms with E-state index >= 15 is 0 Å². The van der Waals surface area contributed by atoms with Crippen LogP contribution in [0.2, 0.25) is 0 Å². The average Bonchev–Trinajstić information content (AvgIpc) is 2.15. The SMILES string of the molecule is COc1cccnc1NCCCl. The number of halogens is 1. The van der Waals surface area contributed by atoms with Crippen LogP contribution >= 0.6 is 11.6 Å². The lowest BCUT2D eigenvalue weighted by Crippen LogP contribution is -2.05. The molecule has 0 atom stereocenters. The molecule has 1 N–H and O–H groups in total. The largest absolute Gasteiger partial charge is 0.493 e. The topological polar surface area (TPSA) is 34.1 Å². The number of pyridine rings is 1. The van der Waals surface area contributed by atoms with Gasteiger partial charge < -0.3 is 10.1 Å². The fourth-order valence-corrected chi connectivity index (χ4v) is 0.948. The highest BCUT2D eigenvalue weighted by Gasteiger charge is 1.99. The van der Waals surface area contributed by atoms with Crippen molar-refractivity contribution >= 4 is 17.4 Å². The van der Waals surface area contributed by atoms with Crippen molar-refractivity contribution in [2.24, 2.45) is 0 Å². The third-order valence-corrected chi connectivity index (χ3v) is 1.57. The van der Waals surface area contributed by atoms with Crippen molar-refractivity contribution in [3.8, 4) is 5.75 Å². The Hall–Kier alpha value is -0.960. The van der Waals surface area contributed by atoms with Gasteiger partial charge in [-0.15, -0.1) is 11.6 Å². The maximum absolute atomic E-state index is 5.52. The summed E-state index contributed by atoms with van der Waals surface area (Å²) in [5.74, 6) is 2.03. The number of ether oxygens (including phenoxy) is 1. The first kappa shape index (κ1) is 9.13. The predicted molar refractivity (Wildman–Crippen MR) is 50.0 cm³/mol. The van der Waals surface area contributed by atoms with Crippen LogP contribution in [0.4, 0.5) is 5.82 Å². The first-order chi connectivity index (χ1) is 5.88. The highest BCUT2D eigenvalue weighted by atomic mass is 35.5. The molecule has 3 nitrogen and oxygen atoms in total. The fourth-order valence-electron chi connectivity index (χ4n) is 0.854. The number of hydrogen-bond acceptors (Lipinski definition) is 3. The lowest BCUT2D eigenvalue weighted by Gasteiger charge is -2.07. The molecule has 1 aromatic rings. The van der Waals surface area contributed by atoms with E-state index in [9.17, 15) is 0 Å². The second kappa shape index (κ2) is 4.83. The van der Waals surface area contributed by atoms with Gasteiger partial charge in [-0.1, -0.05) is 0 Å². The molecule has 1 aromatic heterocycles. The van der Waals surface area contributed by atoms with Crippen LogP contribution in [0.25, 0.3) is 0 Å². The zero-order valence-electron chi connectivity index (χ0n) is 6.88. The number of alkyl halides is 1. The molecule has 0 aliphatic rings. The van der Waals surface area contributed by atoms with E-state index in [1.54, 1.807) is 13.3 Å². The summed E-state index contributed by atoms with van der Waals surface area (Å²) in [6, 6.07) is 3.67. The van der Waals surface area contributed by atoms with E-state index in [-0.39, 0.29) is 0 Å².